The maximum absolute atomic E-state index is 12.1. The Kier molecular flexibility index (Phi) is 7.71. The van der Waals surface area contributed by atoms with E-state index < -0.39 is 0 Å². The number of carbonyl (C=O) groups is 1. The van der Waals surface area contributed by atoms with Gasteiger partial charge in [0.25, 0.3) is 0 Å². The summed E-state index contributed by atoms with van der Waals surface area (Å²) in [5.74, 6) is 1.11. The van der Waals surface area contributed by atoms with Gasteiger partial charge in [-0.05, 0) is 56.3 Å². The van der Waals surface area contributed by atoms with E-state index in [1.165, 1.54) is 44.5 Å². The Bertz CT molecular complexity index is 649. The highest BCUT2D eigenvalue weighted by molar-refractivity contribution is 5.93. The molecule has 2 saturated heterocycles. The fraction of sp³-hybridized carbons (Fsp3) is 0.636. The molecule has 1 amide bonds. The molecule has 1 aromatic rings. The monoisotopic (exact) mass is 385 g/mol. The Morgan fingerprint density at radius 2 is 1.89 bits per heavy atom. The van der Waals surface area contributed by atoms with Crippen molar-refractivity contribution in [3.05, 3.63) is 29.8 Å². The van der Waals surface area contributed by atoms with Gasteiger partial charge >= 0.3 is 0 Å². The summed E-state index contributed by atoms with van der Waals surface area (Å²) in [6, 6.07) is 8.80. The number of piperidine rings is 2. The van der Waals surface area contributed by atoms with Gasteiger partial charge in [-0.3, -0.25) is 9.79 Å². The van der Waals surface area contributed by atoms with E-state index >= 15 is 0 Å². The van der Waals surface area contributed by atoms with Crippen molar-refractivity contribution in [3.8, 4) is 0 Å². The Morgan fingerprint density at radius 3 is 2.54 bits per heavy atom. The van der Waals surface area contributed by atoms with Crippen LogP contribution in [0.4, 0.5) is 5.69 Å². The van der Waals surface area contributed by atoms with E-state index in [2.05, 4.69) is 51.7 Å². The summed E-state index contributed by atoms with van der Waals surface area (Å²) in [7, 11) is 1.83. The van der Waals surface area contributed by atoms with E-state index in [4.69, 9.17) is 0 Å². The molecule has 0 unspecified atom stereocenters. The molecule has 0 radical (unpaired) electrons. The van der Waals surface area contributed by atoms with E-state index in [0.717, 1.165) is 37.6 Å². The zero-order valence-electron chi connectivity index (χ0n) is 17.4. The number of guanidine groups is 1. The van der Waals surface area contributed by atoms with Crippen LogP contribution in [0.15, 0.2) is 29.3 Å². The number of anilines is 1. The summed E-state index contributed by atoms with van der Waals surface area (Å²) in [6.07, 6.45) is 6.34. The number of nitrogens with one attached hydrogen (secondary N) is 2. The lowest BCUT2D eigenvalue weighted by molar-refractivity contribution is -0.119. The van der Waals surface area contributed by atoms with Gasteiger partial charge in [-0.2, -0.15) is 0 Å². The van der Waals surface area contributed by atoms with Crippen LogP contribution in [0.25, 0.3) is 0 Å². The zero-order chi connectivity index (χ0) is 19.8. The lowest BCUT2D eigenvalue weighted by Crippen LogP contribution is -2.48. The zero-order valence-corrected chi connectivity index (χ0v) is 17.4. The van der Waals surface area contributed by atoms with Crippen molar-refractivity contribution in [3.63, 3.8) is 0 Å². The second-order valence-corrected chi connectivity index (χ2v) is 7.85. The molecule has 6 heteroatoms. The number of hydrogen-bond donors (Lipinski definition) is 2. The SMILES string of the molecule is CCCN1CCC(NC(=NC)NCc2ccc(N3CCCCC3=O)cc2)CC1. The van der Waals surface area contributed by atoms with E-state index in [1.807, 2.05) is 11.9 Å². The normalized spacial score (nSPS) is 19.7. The Hall–Kier alpha value is -2.08. The molecule has 2 aliphatic heterocycles. The van der Waals surface area contributed by atoms with Gasteiger partial charge in [0.1, 0.15) is 0 Å². The van der Waals surface area contributed by atoms with Gasteiger partial charge in [0.05, 0.1) is 0 Å². The van der Waals surface area contributed by atoms with Crippen LogP contribution >= 0.6 is 0 Å². The minimum absolute atomic E-state index is 0.242. The molecule has 154 valence electrons. The molecule has 0 atom stereocenters. The van der Waals surface area contributed by atoms with Crippen molar-refractivity contribution in [2.24, 2.45) is 4.99 Å². The standard InChI is InChI=1S/C22H35N5O/c1-3-13-26-15-11-19(12-16-26)25-22(23-2)24-17-18-7-9-20(10-8-18)27-14-5-4-6-21(27)28/h7-10,19H,3-6,11-17H2,1-2H3,(H2,23,24,25). The van der Waals surface area contributed by atoms with Gasteiger partial charge in [0, 0.05) is 51.4 Å². The topological polar surface area (TPSA) is 60.0 Å². The number of nitrogens with zero attached hydrogens (tertiary/aromatic N) is 3. The Morgan fingerprint density at radius 1 is 1.14 bits per heavy atom. The first-order valence-corrected chi connectivity index (χ1v) is 10.8. The predicted octanol–water partition coefficient (Wildman–Crippen LogP) is 2.74. The van der Waals surface area contributed by atoms with Gasteiger partial charge < -0.3 is 20.4 Å². The highest BCUT2D eigenvalue weighted by Crippen LogP contribution is 2.21. The maximum atomic E-state index is 12.1. The summed E-state index contributed by atoms with van der Waals surface area (Å²) in [4.78, 5) is 20.9. The lowest BCUT2D eigenvalue weighted by Gasteiger charge is -2.32. The quantitative estimate of drug-likeness (QED) is 0.584. The molecule has 0 spiro atoms. The average molecular weight is 386 g/mol. The van der Waals surface area contributed by atoms with E-state index in [1.54, 1.807) is 0 Å². The molecule has 2 aliphatic rings. The van der Waals surface area contributed by atoms with Gasteiger partial charge in [-0.1, -0.05) is 19.1 Å². The van der Waals surface area contributed by atoms with Crippen molar-refractivity contribution in [2.75, 3.05) is 38.1 Å². The minimum atomic E-state index is 0.242. The molecule has 28 heavy (non-hydrogen) atoms. The summed E-state index contributed by atoms with van der Waals surface area (Å²) >= 11 is 0. The number of rotatable bonds is 6. The molecule has 0 aliphatic carbocycles. The third-order valence-corrected chi connectivity index (χ3v) is 5.72. The summed E-state index contributed by atoms with van der Waals surface area (Å²) in [5.41, 5.74) is 2.20. The largest absolute Gasteiger partial charge is 0.354 e. The van der Waals surface area contributed by atoms with Crippen LogP contribution in [0.2, 0.25) is 0 Å². The maximum Gasteiger partial charge on any atom is 0.226 e. The highest BCUT2D eigenvalue weighted by atomic mass is 16.2. The number of amides is 1. The Balaban J connectivity index is 1.45. The van der Waals surface area contributed by atoms with E-state index in [0.29, 0.717) is 12.5 Å². The van der Waals surface area contributed by atoms with Crippen LogP contribution in [-0.4, -0.2) is 56.0 Å². The molecule has 2 heterocycles. The molecule has 1 aromatic carbocycles. The van der Waals surface area contributed by atoms with Crippen LogP contribution in [0.3, 0.4) is 0 Å². The Labute approximate surface area is 169 Å². The van der Waals surface area contributed by atoms with E-state index in [-0.39, 0.29) is 5.91 Å². The van der Waals surface area contributed by atoms with Crippen LogP contribution in [0.1, 0.15) is 51.0 Å². The second kappa shape index (κ2) is 10.5. The summed E-state index contributed by atoms with van der Waals surface area (Å²) in [6.45, 7) is 7.34. The molecule has 3 rings (SSSR count). The van der Waals surface area contributed by atoms with Crippen LogP contribution < -0.4 is 15.5 Å². The molecule has 2 fully saturated rings. The van der Waals surface area contributed by atoms with Crippen LogP contribution in [0.5, 0.6) is 0 Å². The first-order valence-electron chi connectivity index (χ1n) is 10.8. The second-order valence-electron chi connectivity index (χ2n) is 7.85. The predicted molar refractivity (Wildman–Crippen MR) is 116 cm³/mol. The average Bonchev–Trinajstić information content (AvgIpc) is 2.73. The van der Waals surface area contributed by atoms with Crippen LogP contribution in [-0.2, 0) is 11.3 Å². The number of benzene rings is 1. The van der Waals surface area contributed by atoms with Crippen molar-refractivity contribution in [1.82, 2.24) is 15.5 Å². The summed E-state index contributed by atoms with van der Waals surface area (Å²) < 4.78 is 0. The highest BCUT2D eigenvalue weighted by Gasteiger charge is 2.20. The van der Waals surface area contributed by atoms with Crippen molar-refractivity contribution < 1.29 is 4.79 Å². The van der Waals surface area contributed by atoms with Crippen molar-refractivity contribution in [2.45, 2.75) is 58.0 Å². The molecular formula is C22H35N5O. The molecule has 0 bridgehead atoms. The van der Waals surface area contributed by atoms with Gasteiger partial charge in [0.15, 0.2) is 5.96 Å². The first-order chi connectivity index (χ1) is 13.7. The third-order valence-electron chi connectivity index (χ3n) is 5.72. The first kappa shape index (κ1) is 20.6. The molecule has 6 nitrogen and oxygen atoms in total. The van der Waals surface area contributed by atoms with Gasteiger partial charge in [-0.25, -0.2) is 0 Å². The fourth-order valence-electron chi connectivity index (χ4n) is 4.06. The number of carbonyl (C=O) groups excluding carboxylic acids is 1. The number of likely N-dealkylation sites (tertiary alicyclic amines) is 1. The summed E-state index contributed by atoms with van der Waals surface area (Å²) in [5, 5.41) is 6.99. The lowest BCUT2D eigenvalue weighted by atomic mass is 10.1. The van der Waals surface area contributed by atoms with Crippen molar-refractivity contribution in [1.29, 1.82) is 0 Å². The van der Waals surface area contributed by atoms with Gasteiger partial charge in [-0.15, -0.1) is 0 Å². The molecule has 0 aromatic heterocycles. The molecule has 0 saturated carbocycles. The van der Waals surface area contributed by atoms with E-state index in [9.17, 15) is 4.79 Å². The third kappa shape index (κ3) is 5.71. The molecule has 2 N–H and O–H groups in total. The van der Waals surface area contributed by atoms with Crippen LogP contribution in [0, 0.1) is 0 Å². The minimum Gasteiger partial charge on any atom is -0.354 e. The number of hydrogen-bond acceptors (Lipinski definition) is 3. The smallest absolute Gasteiger partial charge is 0.226 e. The molecular weight excluding hydrogens is 350 g/mol. The fourth-order valence-corrected chi connectivity index (χ4v) is 4.06. The van der Waals surface area contributed by atoms with Gasteiger partial charge in [0.2, 0.25) is 5.91 Å². The number of aliphatic imine (C=N–C) groups is 1. The van der Waals surface area contributed by atoms with Crippen molar-refractivity contribution >= 4 is 17.6 Å².